The number of hydrogen-bond acceptors (Lipinski definition) is 3. The Kier molecular flexibility index (Phi) is 6.27. The fourth-order valence-electron chi connectivity index (χ4n) is 2.96. The van der Waals surface area contributed by atoms with Gasteiger partial charge in [0.25, 0.3) is 10.0 Å². The average Bonchev–Trinajstić information content (AvgIpc) is 2.70. The van der Waals surface area contributed by atoms with Crippen molar-refractivity contribution in [3.8, 4) is 0 Å². The second kappa shape index (κ2) is 8.71. The fraction of sp³-hybridized carbons (Fsp3) is 0.208. The van der Waals surface area contributed by atoms with Gasteiger partial charge in [-0.3, -0.25) is 4.79 Å². The molecule has 0 aromatic heterocycles. The molecule has 0 heterocycles. The van der Waals surface area contributed by atoms with Gasteiger partial charge in [0.1, 0.15) is 0 Å². The maximum Gasteiger partial charge on any atom is 0.284 e. The summed E-state index contributed by atoms with van der Waals surface area (Å²) in [5.41, 5.74) is 3.38. The van der Waals surface area contributed by atoms with Gasteiger partial charge in [-0.2, -0.15) is 8.42 Å². The highest BCUT2D eigenvalue weighted by Crippen LogP contribution is 2.22. The van der Waals surface area contributed by atoms with E-state index in [0.29, 0.717) is 16.8 Å². The average molecular weight is 421 g/mol. The second-order valence-electron chi connectivity index (χ2n) is 7.51. The van der Waals surface area contributed by atoms with Gasteiger partial charge in [0.15, 0.2) is 11.6 Å². The molecule has 30 heavy (non-hydrogen) atoms. The van der Waals surface area contributed by atoms with Crippen molar-refractivity contribution >= 4 is 27.4 Å². The molecule has 0 saturated heterocycles. The molecule has 1 aliphatic carbocycles. The van der Waals surface area contributed by atoms with Crippen LogP contribution >= 0.6 is 0 Å². The van der Waals surface area contributed by atoms with Gasteiger partial charge in [0, 0.05) is 5.56 Å². The standard InChI is InChI=1S/C24H24N2O3S/c1-16(2)21-15-23(27)18(4)14-22(21)25-24(19-8-6-5-7-9-19)26-30(28,29)20-12-10-17(3)11-13-20/h5-16H,1-4H3. The first-order chi connectivity index (χ1) is 14.2. The highest BCUT2D eigenvalue weighted by atomic mass is 32.2. The fourth-order valence-corrected chi connectivity index (χ4v) is 3.92. The van der Waals surface area contributed by atoms with Crippen LogP contribution in [0.25, 0.3) is 0 Å². The summed E-state index contributed by atoms with van der Waals surface area (Å²) < 4.78 is 30.0. The Balaban J connectivity index is 2.18. The molecular weight excluding hydrogens is 396 g/mol. The molecule has 6 heteroatoms. The minimum atomic E-state index is -3.96. The largest absolute Gasteiger partial charge is 0.290 e. The number of amidine groups is 1. The van der Waals surface area contributed by atoms with Gasteiger partial charge >= 0.3 is 0 Å². The van der Waals surface area contributed by atoms with Crippen molar-refractivity contribution in [1.82, 2.24) is 0 Å². The summed E-state index contributed by atoms with van der Waals surface area (Å²) >= 11 is 0. The van der Waals surface area contributed by atoms with E-state index in [0.717, 1.165) is 11.1 Å². The second-order valence-corrected chi connectivity index (χ2v) is 9.12. The molecule has 0 bridgehead atoms. The zero-order valence-corrected chi connectivity index (χ0v) is 18.3. The molecule has 0 aliphatic heterocycles. The molecule has 154 valence electrons. The van der Waals surface area contributed by atoms with Gasteiger partial charge in [-0.1, -0.05) is 61.9 Å². The summed E-state index contributed by atoms with van der Waals surface area (Å²) in [7, 11) is -3.96. The summed E-state index contributed by atoms with van der Waals surface area (Å²) in [6.45, 7) is 7.53. The van der Waals surface area contributed by atoms with Crippen molar-refractivity contribution in [2.24, 2.45) is 15.3 Å². The van der Waals surface area contributed by atoms with Crippen molar-refractivity contribution in [3.05, 3.63) is 89.0 Å². The Labute approximate surface area is 177 Å². The quantitative estimate of drug-likeness (QED) is 0.409. The highest BCUT2D eigenvalue weighted by molar-refractivity contribution is 7.90. The molecular formula is C24H24N2O3S. The van der Waals surface area contributed by atoms with Crippen LogP contribution in [0.3, 0.4) is 0 Å². The maximum absolute atomic E-state index is 13.0. The summed E-state index contributed by atoms with van der Waals surface area (Å²) in [6.07, 6.45) is 3.25. The molecule has 0 radical (unpaired) electrons. The van der Waals surface area contributed by atoms with Crippen LogP contribution in [0.2, 0.25) is 0 Å². The minimum absolute atomic E-state index is 0.0442. The van der Waals surface area contributed by atoms with Gasteiger partial charge in [-0.15, -0.1) is 4.40 Å². The molecule has 0 N–H and O–H groups in total. The number of aliphatic imine (C=N–C) groups is 1. The Hall–Kier alpha value is -3.12. The number of ketones is 1. The molecule has 0 amide bonds. The molecule has 0 atom stereocenters. The Morgan fingerprint density at radius 1 is 0.900 bits per heavy atom. The van der Waals surface area contributed by atoms with Crippen LogP contribution < -0.4 is 0 Å². The van der Waals surface area contributed by atoms with E-state index in [1.54, 1.807) is 55.5 Å². The van der Waals surface area contributed by atoms with Crippen molar-refractivity contribution in [3.63, 3.8) is 0 Å². The van der Waals surface area contributed by atoms with Crippen molar-refractivity contribution < 1.29 is 13.2 Å². The molecule has 2 aromatic rings. The number of sulfonamides is 1. The van der Waals surface area contributed by atoms with Crippen molar-refractivity contribution in [2.45, 2.75) is 32.6 Å². The van der Waals surface area contributed by atoms with Crippen molar-refractivity contribution in [1.29, 1.82) is 0 Å². The first-order valence-corrected chi connectivity index (χ1v) is 11.1. The van der Waals surface area contributed by atoms with Gasteiger partial charge in [-0.25, -0.2) is 4.99 Å². The number of hydrogen-bond donors (Lipinski definition) is 0. The van der Waals surface area contributed by atoms with E-state index in [9.17, 15) is 13.2 Å². The predicted molar refractivity (Wildman–Crippen MR) is 120 cm³/mol. The lowest BCUT2D eigenvalue weighted by atomic mass is 9.90. The number of aryl methyl sites for hydroxylation is 1. The van der Waals surface area contributed by atoms with Crippen molar-refractivity contribution in [2.75, 3.05) is 0 Å². The van der Waals surface area contributed by atoms with E-state index in [1.807, 2.05) is 26.8 Å². The number of allylic oxidation sites excluding steroid dienone is 4. The van der Waals surface area contributed by atoms with Crippen LogP contribution in [0.5, 0.6) is 0 Å². The van der Waals surface area contributed by atoms with Crippen LogP contribution in [-0.4, -0.2) is 25.7 Å². The number of benzene rings is 2. The summed E-state index contributed by atoms with van der Waals surface area (Å²) in [4.78, 5) is 16.8. The predicted octanol–water partition coefficient (Wildman–Crippen LogP) is 4.68. The van der Waals surface area contributed by atoms with Gasteiger partial charge in [0.05, 0.1) is 10.6 Å². The zero-order valence-electron chi connectivity index (χ0n) is 17.5. The third-order valence-electron chi connectivity index (χ3n) is 4.73. The molecule has 3 rings (SSSR count). The third-order valence-corrected chi connectivity index (χ3v) is 6.01. The van der Waals surface area contributed by atoms with Crippen LogP contribution in [-0.2, 0) is 14.8 Å². The molecule has 0 fully saturated rings. The molecule has 0 unspecified atom stereocenters. The summed E-state index contributed by atoms with van der Waals surface area (Å²) in [5, 5.41) is 0. The van der Waals surface area contributed by atoms with Crippen LogP contribution in [0, 0.1) is 12.8 Å². The normalized spacial score (nSPS) is 16.6. The third kappa shape index (κ3) is 4.89. The number of carbonyl (C=O) groups is 1. The number of rotatable bonds is 4. The van der Waals surface area contributed by atoms with Crippen LogP contribution in [0.4, 0.5) is 0 Å². The summed E-state index contributed by atoms with van der Waals surface area (Å²) in [6, 6.07) is 15.5. The topological polar surface area (TPSA) is 75.9 Å². The van der Waals surface area contributed by atoms with E-state index in [2.05, 4.69) is 9.39 Å². The Bertz CT molecular complexity index is 1180. The highest BCUT2D eigenvalue weighted by Gasteiger charge is 2.21. The number of nitrogens with zero attached hydrogens (tertiary/aromatic N) is 2. The first kappa shape index (κ1) is 21.6. The Morgan fingerprint density at radius 2 is 1.53 bits per heavy atom. The maximum atomic E-state index is 13.0. The van der Waals surface area contributed by atoms with E-state index in [1.165, 1.54) is 12.1 Å². The van der Waals surface area contributed by atoms with E-state index >= 15 is 0 Å². The van der Waals surface area contributed by atoms with E-state index < -0.39 is 10.0 Å². The molecule has 0 spiro atoms. The smallest absolute Gasteiger partial charge is 0.284 e. The lowest BCUT2D eigenvalue weighted by molar-refractivity contribution is -0.111. The van der Waals surface area contributed by atoms with Crippen LogP contribution in [0.1, 0.15) is 31.9 Å². The van der Waals surface area contributed by atoms with Gasteiger partial charge in [0.2, 0.25) is 0 Å². The van der Waals surface area contributed by atoms with E-state index in [-0.39, 0.29) is 22.4 Å². The lowest BCUT2D eigenvalue weighted by Crippen LogP contribution is -2.18. The molecule has 0 saturated carbocycles. The molecule has 1 aliphatic rings. The molecule has 5 nitrogen and oxygen atoms in total. The van der Waals surface area contributed by atoms with Gasteiger partial charge in [-0.05, 0) is 55.2 Å². The first-order valence-electron chi connectivity index (χ1n) is 9.68. The summed E-state index contributed by atoms with van der Waals surface area (Å²) in [5.74, 6) is 0.0574. The van der Waals surface area contributed by atoms with E-state index in [4.69, 9.17) is 0 Å². The Morgan fingerprint density at radius 3 is 2.13 bits per heavy atom. The zero-order chi connectivity index (χ0) is 21.9. The SMILES string of the molecule is CC1=CC(=NC(=NS(=O)(=O)c2ccc(C)cc2)c2ccccc2)C(C(C)C)=CC1=O. The monoisotopic (exact) mass is 420 g/mol. The van der Waals surface area contributed by atoms with Crippen LogP contribution in [0.15, 0.2) is 92.2 Å². The number of carbonyl (C=O) groups excluding carboxylic acids is 1. The minimum Gasteiger partial charge on any atom is -0.290 e. The molecule has 2 aromatic carbocycles. The lowest BCUT2D eigenvalue weighted by Gasteiger charge is -2.17. The van der Waals surface area contributed by atoms with Gasteiger partial charge < -0.3 is 0 Å².